The fourth-order valence-corrected chi connectivity index (χ4v) is 6.91. The van der Waals surface area contributed by atoms with E-state index in [0.717, 1.165) is 33.4 Å². The van der Waals surface area contributed by atoms with Crippen molar-refractivity contribution in [3.63, 3.8) is 0 Å². The first-order chi connectivity index (χ1) is 28.9. The van der Waals surface area contributed by atoms with Crippen molar-refractivity contribution in [1.82, 2.24) is 0 Å². The number of methoxy groups -OCH3 is 2. The number of fused-ring (bicyclic) bond motifs is 4. The lowest BCUT2D eigenvalue weighted by Gasteiger charge is -2.14. The minimum absolute atomic E-state index is 0.0294. The Balaban J connectivity index is 0.000000160. The first-order valence-corrected chi connectivity index (χ1v) is 17.8. The zero-order valence-corrected chi connectivity index (χ0v) is 32.5. The SMILES string of the molecule is COCOc1ccc2oc(=O)c3c(O)c4cccc(C)c4c4oc(=O)c1c2c34.COCOc1ccc2oc(=O)ccc2c1C.Cc1cccc2c1C(C#N)OC2=O.O=C=O. The highest BCUT2D eigenvalue weighted by Gasteiger charge is 2.32. The normalized spacial score (nSPS) is 12.7. The molecule has 0 spiro atoms. The van der Waals surface area contributed by atoms with E-state index in [2.05, 4.69) is 0 Å². The van der Waals surface area contributed by atoms with Gasteiger partial charge in [-0.05, 0) is 68.3 Å². The van der Waals surface area contributed by atoms with Crippen molar-refractivity contribution in [2.24, 2.45) is 0 Å². The molecule has 16 nitrogen and oxygen atoms in total. The van der Waals surface area contributed by atoms with Crippen molar-refractivity contribution >= 4 is 66.6 Å². The minimum atomic E-state index is -0.719. The highest BCUT2D eigenvalue weighted by molar-refractivity contribution is 6.28. The van der Waals surface area contributed by atoms with Crippen LogP contribution in [0.25, 0.3) is 54.5 Å². The molecule has 0 aliphatic carbocycles. The Hall–Kier alpha value is -7.83. The summed E-state index contributed by atoms with van der Waals surface area (Å²) in [5.74, 6) is 0.359. The number of nitrogens with zero attached hydrogens (tertiary/aromatic N) is 1. The lowest BCUT2D eigenvalue weighted by atomic mass is 9.95. The monoisotopic (exact) mass is 815 g/mol. The molecule has 5 aromatic carbocycles. The third-order valence-electron chi connectivity index (χ3n) is 9.49. The van der Waals surface area contributed by atoms with Gasteiger partial charge in [-0.2, -0.15) is 14.9 Å². The molecule has 0 bridgehead atoms. The molecular weight excluding hydrogens is 782 g/mol. The number of ether oxygens (including phenoxy) is 5. The van der Waals surface area contributed by atoms with Crippen LogP contribution in [0.2, 0.25) is 0 Å². The van der Waals surface area contributed by atoms with Gasteiger partial charge in [-0.15, -0.1) is 0 Å². The van der Waals surface area contributed by atoms with Crippen LogP contribution in [-0.4, -0.2) is 45.0 Å². The van der Waals surface area contributed by atoms with Crippen LogP contribution < -0.4 is 26.4 Å². The van der Waals surface area contributed by atoms with Crippen molar-refractivity contribution in [2.75, 3.05) is 27.8 Å². The Morgan fingerprint density at radius 1 is 0.667 bits per heavy atom. The number of hydrogen-bond donors (Lipinski definition) is 1. The molecule has 16 heteroatoms. The number of aryl methyl sites for hydroxylation is 3. The summed E-state index contributed by atoms with van der Waals surface area (Å²) in [6.45, 7) is 5.75. The number of esters is 1. The molecule has 60 heavy (non-hydrogen) atoms. The third-order valence-corrected chi connectivity index (χ3v) is 9.49. The highest BCUT2D eigenvalue weighted by atomic mass is 16.7. The maximum Gasteiger partial charge on any atom is 0.373 e. The second kappa shape index (κ2) is 17.8. The zero-order valence-electron chi connectivity index (χ0n) is 32.5. The van der Waals surface area contributed by atoms with Gasteiger partial charge < -0.3 is 42.0 Å². The lowest BCUT2D eigenvalue weighted by Crippen LogP contribution is -2.09. The average molecular weight is 816 g/mol. The molecular formula is C44H33NO15. The summed E-state index contributed by atoms with van der Waals surface area (Å²) in [7, 11) is 3.03. The predicted molar refractivity (Wildman–Crippen MR) is 213 cm³/mol. The standard InChI is InChI=1S/C21H14O7.C12H12O4.C10H7NO2.CO2/c1-9-4-3-5-10-13(9)19-16-14-12(27-21(24)17(16)18(10)22)7-6-11(26-8-25-2)15(14)20(23)28-19;1-8-9-3-6-12(13)16-11(9)5-4-10(8)15-7-14-2;1-6-3-2-4-7-9(6)8(5-11)13-10(7)12;2-1-3/h3-7,22H,8H2,1-2H3;3-6H,7H2,1-2H3;2-4,8H,1H3;. The maximum atomic E-state index is 12.9. The quantitative estimate of drug-likeness (QED) is 0.0593. The summed E-state index contributed by atoms with van der Waals surface area (Å²) in [5, 5.41) is 22.2. The summed E-state index contributed by atoms with van der Waals surface area (Å²) in [6.07, 6.45) is -0.469. The van der Waals surface area contributed by atoms with Gasteiger partial charge in [-0.3, -0.25) is 0 Å². The predicted octanol–water partition coefficient (Wildman–Crippen LogP) is 6.87. The molecule has 304 valence electrons. The van der Waals surface area contributed by atoms with E-state index in [1.165, 1.54) is 19.2 Å². The topological polar surface area (TPSA) is 232 Å². The summed E-state index contributed by atoms with van der Waals surface area (Å²) >= 11 is 0. The average Bonchev–Trinajstić information content (AvgIpc) is 3.57. The van der Waals surface area contributed by atoms with Crippen molar-refractivity contribution in [3.8, 4) is 23.3 Å². The highest BCUT2D eigenvalue weighted by Crippen LogP contribution is 2.43. The van der Waals surface area contributed by atoms with Crippen LogP contribution >= 0.6 is 0 Å². The van der Waals surface area contributed by atoms with Gasteiger partial charge in [0.25, 0.3) is 0 Å². The number of nitriles is 1. The van der Waals surface area contributed by atoms with Crippen LogP contribution in [0, 0.1) is 32.1 Å². The van der Waals surface area contributed by atoms with E-state index in [1.54, 1.807) is 55.6 Å². The molecule has 3 aromatic heterocycles. The van der Waals surface area contributed by atoms with E-state index in [4.69, 9.17) is 51.8 Å². The van der Waals surface area contributed by atoms with Gasteiger partial charge >= 0.3 is 29.0 Å². The lowest BCUT2D eigenvalue weighted by molar-refractivity contribution is -0.191. The van der Waals surface area contributed by atoms with Crippen LogP contribution in [-0.2, 0) is 23.8 Å². The van der Waals surface area contributed by atoms with Crippen LogP contribution in [0.5, 0.6) is 17.2 Å². The fraction of sp³-hybridized carbons (Fsp3) is 0.182. The van der Waals surface area contributed by atoms with Gasteiger partial charge in [0.2, 0.25) is 6.10 Å². The van der Waals surface area contributed by atoms with Crippen LogP contribution in [0.3, 0.4) is 0 Å². The van der Waals surface area contributed by atoms with E-state index in [0.29, 0.717) is 32.7 Å². The molecule has 1 atom stereocenters. The van der Waals surface area contributed by atoms with Gasteiger partial charge in [0.15, 0.2) is 13.6 Å². The Bertz CT molecular complexity index is 3180. The summed E-state index contributed by atoms with van der Waals surface area (Å²) in [4.78, 5) is 64.0. The van der Waals surface area contributed by atoms with Gasteiger partial charge in [-0.25, -0.2) is 19.2 Å². The number of benzene rings is 5. The molecule has 0 fully saturated rings. The molecule has 9 rings (SSSR count). The largest absolute Gasteiger partial charge is 0.506 e. The van der Waals surface area contributed by atoms with Gasteiger partial charge in [-0.1, -0.05) is 30.3 Å². The van der Waals surface area contributed by atoms with E-state index < -0.39 is 23.3 Å². The number of rotatable bonds is 6. The van der Waals surface area contributed by atoms with E-state index in [1.807, 2.05) is 39.0 Å². The Morgan fingerprint density at radius 3 is 2.00 bits per heavy atom. The number of carbonyl (C=O) groups is 1. The minimum Gasteiger partial charge on any atom is -0.506 e. The van der Waals surface area contributed by atoms with E-state index in [-0.39, 0.29) is 58.8 Å². The van der Waals surface area contributed by atoms with Crippen molar-refractivity contribution in [2.45, 2.75) is 26.9 Å². The molecule has 1 aliphatic rings. The van der Waals surface area contributed by atoms with Crippen LogP contribution in [0.15, 0.2) is 100 Å². The Morgan fingerprint density at radius 2 is 1.30 bits per heavy atom. The van der Waals surface area contributed by atoms with Gasteiger partial charge in [0, 0.05) is 58.3 Å². The van der Waals surface area contributed by atoms with E-state index >= 15 is 0 Å². The van der Waals surface area contributed by atoms with Crippen molar-refractivity contribution in [1.29, 1.82) is 5.26 Å². The van der Waals surface area contributed by atoms with Crippen LogP contribution in [0.4, 0.5) is 0 Å². The number of cyclic esters (lactones) is 1. The molecule has 1 aliphatic heterocycles. The molecule has 8 aromatic rings. The molecule has 0 radical (unpaired) electrons. The fourth-order valence-electron chi connectivity index (χ4n) is 6.91. The van der Waals surface area contributed by atoms with Crippen molar-refractivity contribution < 1.29 is 56.4 Å². The molecule has 0 saturated carbocycles. The van der Waals surface area contributed by atoms with Crippen molar-refractivity contribution in [3.05, 3.63) is 132 Å². The summed E-state index contributed by atoms with van der Waals surface area (Å²) in [6, 6.07) is 22.2. The smallest absolute Gasteiger partial charge is 0.373 e. The van der Waals surface area contributed by atoms with E-state index in [9.17, 15) is 24.3 Å². The number of carbonyl (C=O) groups excluding carboxylic acids is 3. The third kappa shape index (κ3) is 7.74. The van der Waals surface area contributed by atoms with Crippen LogP contribution in [0.1, 0.15) is 38.7 Å². The first kappa shape index (κ1) is 41.8. The zero-order chi connectivity index (χ0) is 43.2. The summed E-state index contributed by atoms with van der Waals surface area (Å²) < 4.78 is 41.6. The number of hydrogen-bond acceptors (Lipinski definition) is 16. The summed E-state index contributed by atoms with van der Waals surface area (Å²) in [5.41, 5.74) is 3.22. The van der Waals surface area contributed by atoms with Gasteiger partial charge in [0.1, 0.15) is 50.8 Å². The molecule has 1 N–H and O–H groups in total. The number of phenolic OH excluding ortho intramolecular Hbond substituents is 1. The molecule has 0 saturated heterocycles. The maximum absolute atomic E-state index is 12.9. The number of aromatic hydroxyl groups is 1. The molecule has 1 unspecified atom stereocenters. The molecule has 4 heterocycles. The van der Waals surface area contributed by atoms with Gasteiger partial charge in [0.05, 0.1) is 5.56 Å². The first-order valence-electron chi connectivity index (χ1n) is 17.8. The molecule has 0 amide bonds. The number of phenols is 1. The Kier molecular flexibility index (Phi) is 12.4. The second-order valence-electron chi connectivity index (χ2n) is 13.0. The Labute approximate surface area is 337 Å². The second-order valence-corrected chi connectivity index (χ2v) is 13.0.